The molecule has 1 heterocycles. The van der Waals surface area contributed by atoms with Crippen molar-refractivity contribution in [3.05, 3.63) is 45.3 Å². The number of aryl methyl sites for hydroxylation is 1. The molecule has 0 atom stereocenters. The summed E-state index contributed by atoms with van der Waals surface area (Å²) in [6.45, 7) is 3.62. The summed E-state index contributed by atoms with van der Waals surface area (Å²) in [4.78, 5) is 25.0. The molecule has 0 fully saturated rings. The smallest absolute Gasteiger partial charge is 0.262 e. The van der Waals surface area contributed by atoms with Crippen molar-refractivity contribution in [2.45, 2.75) is 13.8 Å². The standard InChI is InChI=1S/C16H17ClN2O3S/c1-9-10(2)23-16(14(9)15(21)18-3)19-13(20)8-22-12-6-4-11(17)5-7-12/h4-7H,8H2,1-3H3,(H,18,21)(H,19,20). The van der Waals surface area contributed by atoms with Crippen molar-refractivity contribution in [1.29, 1.82) is 0 Å². The third-order valence-electron chi connectivity index (χ3n) is 3.28. The average molecular weight is 353 g/mol. The molecule has 0 aliphatic carbocycles. The predicted molar refractivity (Wildman–Crippen MR) is 92.8 cm³/mol. The molecular weight excluding hydrogens is 336 g/mol. The van der Waals surface area contributed by atoms with Gasteiger partial charge < -0.3 is 15.4 Å². The fourth-order valence-electron chi connectivity index (χ4n) is 1.96. The van der Waals surface area contributed by atoms with Crippen molar-refractivity contribution in [3.63, 3.8) is 0 Å². The Labute approximate surface area is 143 Å². The number of thiophene rings is 1. The Morgan fingerprint density at radius 1 is 1.22 bits per heavy atom. The molecule has 2 rings (SSSR count). The van der Waals surface area contributed by atoms with E-state index in [4.69, 9.17) is 16.3 Å². The molecule has 0 unspecified atom stereocenters. The van der Waals surface area contributed by atoms with E-state index in [0.717, 1.165) is 10.4 Å². The zero-order chi connectivity index (χ0) is 17.0. The highest BCUT2D eigenvalue weighted by atomic mass is 35.5. The van der Waals surface area contributed by atoms with Crippen LogP contribution in [0.25, 0.3) is 0 Å². The van der Waals surface area contributed by atoms with Crippen molar-refractivity contribution < 1.29 is 14.3 Å². The van der Waals surface area contributed by atoms with Gasteiger partial charge in [-0.05, 0) is 43.7 Å². The first-order valence-electron chi connectivity index (χ1n) is 6.92. The van der Waals surface area contributed by atoms with Crippen molar-refractivity contribution in [2.24, 2.45) is 0 Å². The third kappa shape index (κ3) is 4.24. The molecule has 0 bridgehead atoms. The summed E-state index contributed by atoms with van der Waals surface area (Å²) < 4.78 is 5.39. The minimum absolute atomic E-state index is 0.148. The van der Waals surface area contributed by atoms with Crippen molar-refractivity contribution in [1.82, 2.24) is 5.32 Å². The Morgan fingerprint density at radius 2 is 1.87 bits per heavy atom. The summed E-state index contributed by atoms with van der Waals surface area (Å²) >= 11 is 7.16. The number of hydrogen-bond acceptors (Lipinski definition) is 4. The molecule has 0 saturated carbocycles. The molecule has 0 radical (unpaired) electrons. The number of carbonyl (C=O) groups is 2. The summed E-state index contributed by atoms with van der Waals surface area (Å²) in [6.07, 6.45) is 0. The second-order valence-corrected chi connectivity index (χ2v) is 6.52. The monoisotopic (exact) mass is 352 g/mol. The van der Waals surface area contributed by atoms with Crippen LogP contribution in [0.3, 0.4) is 0 Å². The fraction of sp³-hybridized carbons (Fsp3) is 0.250. The van der Waals surface area contributed by atoms with E-state index in [1.165, 1.54) is 11.3 Å². The number of halogens is 1. The van der Waals surface area contributed by atoms with Crippen LogP contribution in [0.4, 0.5) is 5.00 Å². The van der Waals surface area contributed by atoms with Crippen LogP contribution in [0.2, 0.25) is 5.02 Å². The lowest BCUT2D eigenvalue weighted by atomic mass is 10.1. The molecule has 122 valence electrons. The zero-order valence-corrected chi connectivity index (χ0v) is 14.6. The molecule has 0 spiro atoms. The van der Waals surface area contributed by atoms with Gasteiger partial charge in [-0.3, -0.25) is 9.59 Å². The summed E-state index contributed by atoms with van der Waals surface area (Å²) in [5.41, 5.74) is 1.36. The van der Waals surface area contributed by atoms with Gasteiger partial charge in [0, 0.05) is 16.9 Å². The van der Waals surface area contributed by atoms with Gasteiger partial charge >= 0.3 is 0 Å². The van der Waals surface area contributed by atoms with Crippen molar-refractivity contribution >= 4 is 39.8 Å². The maximum absolute atomic E-state index is 12.0. The molecule has 0 saturated heterocycles. The first-order valence-corrected chi connectivity index (χ1v) is 8.12. The van der Waals surface area contributed by atoms with E-state index in [2.05, 4.69) is 10.6 Å². The number of nitrogens with one attached hydrogen (secondary N) is 2. The Morgan fingerprint density at radius 3 is 2.48 bits per heavy atom. The van der Waals surface area contributed by atoms with Crippen LogP contribution in [0.15, 0.2) is 24.3 Å². The van der Waals surface area contributed by atoms with E-state index in [1.54, 1.807) is 31.3 Å². The van der Waals surface area contributed by atoms with Gasteiger partial charge in [-0.2, -0.15) is 0 Å². The molecule has 2 aromatic rings. The molecule has 1 aromatic heterocycles. The second-order valence-electron chi connectivity index (χ2n) is 4.86. The SMILES string of the molecule is CNC(=O)c1c(NC(=O)COc2ccc(Cl)cc2)sc(C)c1C. The molecule has 7 heteroatoms. The number of hydrogen-bond donors (Lipinski definition) is 2. The van der Waals surface area contributed by atoms with Gasteiger partial charge in [-0.15, -0.1) is 11.3 Å². The van der Waals surface area contributed by atoms with Crippen LogP contribution in [0.1, 0.15) is 20.8 Å². The van der Waals surface area contributed by atoms with Crippen LogP contribution >= 0.6 is 22.9 Å². The van der Waals surface area contributed by atoms with Gasteiger partial charge in [0.05, 0.1) is 5.56 Å². The minimum atomic E-state index is -0.327. The summed E-state index contributed by atoms with van der Waals surface area (Å²) in [6, 6.07) is 6.74. The molecular formula is C16H17ClN2O3S. The summed E-state index contributed by atoms with van der Waals surface area (Å²) in [5.74, 6) is 0.00161. The van der Waals surface area contributed by atoms with E-state index in [9.17, 15) is 9.59 Å². The highest BCUT2D eigenvalue weighted by molar-refractivity contribution is 7.16. The van der Waals surface area contributed by atoms with Crippen molar-refractivity contribution in [3.8, 4) is 5.75 Å². The first kappa shape index (κ1) is 17.3. The summed E-state index contributed by atoms with van der Waals surface area (Å²) in [5, 5.41) is 6.45. The molecule has 1 aromatic carbocycles. The van der Waals surface area contributed by atoms with E-state index >= 15 is 0 Å². The number of amides is 2. The topological polar surface area (TPSA) is 67.4 Å². The first-order chi connectivity index (χ1) is 10.9. The minimum Gasteiger partial charge on any atom is -0.484 e. The lowest BCUT2D eigenvalue weighted by molar-refractivity contribution is -0.118. The van der Waals surface area contributed by atoms with E-state index < -0.39 is 0 Å². The van der Waals surface area contributed by atoms with E-state index in [1.807, 2.05) is 13.8 Å². The Hall–Kier alpha value is -2.05. The van der Waals surface area contributed by atoms with Gasteiger partial charge in [0.15, 0.2) is 6.61 Å². The maximum Gasteiger partial charge on any atom is 0.262 e. The normalized spacial score (nSPS) is 10.3. The van der Waals surface area contributed by atoms with Gasteiger partial charge in [-0.25, -0.2) is 0 Å². The lowest BCUT2D eigenvalue weighted by Crippen LogP contribution is -2.23. The largest absolute Gasteiger partial charge is 0.484 e. The van der Waals surface area contributed by atoms with Crippen LogP contribution in [0, 0.1) is 13.8 Å². The number of ether oxygens (including phenoxy) is 1. The fourth-order valence-corrected chi connectivity index (χ4v) is 3.16. The summed E-state index contributed by atoms with van der Waals surface area (Å²) in [7, 11) is 1.56. The highest BCUT2D eigenvalue weighted by Crippen LogP contribution is 2.32. The van der Waals surface area contributed by atoms with Gasteiger partial charge in [0.1, 0.15) is 10.8 Å². The van der Waals surface area contributed by atoms with Crippen LogP contribution in [-0.2, 0) is 4.79 Å². The van der Waals surface area contributed by atoms with Crippen LogP contribution in [0.5, 0.6) is 5.75 Å². The molecule has 23 heavy (non-hydrogen) atoms. The Kier molecular flexibility index (Phi) is 5.63. The Bertz CT molecular complexity index is 726. The molecule has 0 aliphatic heterocycles. The molecule has 2 amide bonds. The van der Waals surface area contributed by atoms with Crippen LogP contribution < -0.4 is 15.4 Å². The van der Waals surface area contributed by atoms with E-state index in [0.29, 0.717) is 21.3 Å². The van der Waals surface area contributed by atoms with E-state index in [-0.39, 0.29) is 18.4 Å². The average Bonchev–Trinajstić information content (AvgIpc) is 2.80. The lowest BCUT2D eigenvalue weighted by Gasteiger charge is -2.08. The predicted octanol–water partition coefficient (Wildman–Crippen LogP) is 3.40. The number of anilines is 1. The Balaban J connectivity index is 2.04. The van der Waals surface area contributed by atoms with Gasteiger partial charge in [0.2, 0.25) is 0 Å². The quantitative estimate of drug-likeness (QED) is 0.866. The highest BCUT2D eigenvalue weighted by Gasteiger charge is 2.20. The zero-order valence-electron chi connectivity index (χ0n) is 13.0. The maximum atomic E-state index is 12.0. The number of rotatable bonds is 5. The molecule has 2 N–H and O–H groups in total. The molecule has 0 aliphatic rings. The number of carbonyl (C=O) groups excluding carboxylic acids is 2. The van der Waals surface area contributed by atoms with Gasteiger partial charge in [0.25, 0.3) is 11.8 Å². The number of benzene rings is 1. The van der Waals surface area contributed by atoms with Gasteiger partial charge in [-0.1, -0.05) is 11.6 Å². The van der Waals surface area contributed by atoms with Crippen LogP contribution in [-0.4, -0.2) is 25.5 Å². The second kappa shape index (κ2) is 7.48. The van der Waals surface area contributed by atoms with Crippen molar-refractivity contribution in [2.75, 3.05) is 19.0 Å². The molecule has 5 nitrogen and oxygen atoms in total. The third-order valence-corrected chi connectivity index (χ3v) is 4.65.